The topological polar surface area (TPSA) is 83.8 Å². The Hall–Kier alpha value is -1.99. The van der Waals surface area contributed by atoms with E-state index in [0.717, 1.165) is 34.6 Å². The van der Waals surface area contributed by atoms with Gasteiger partial charge in [-0.3, -0.25) is 4.79 Å². The van der Waals surface area contributed by atoms with Crippen molar-refractivity contribution in [2.45, 2.75) is 32.1 Å². The molecule has 0 saturated heterocycles. The van der Waals surface area contributed by atoms with Crippen molar-refractivity contribution in [2.75, 3.05) is 11.1 Å². The number of hydrogen-bond acceptors (Lipinski definition) is 6. The Labute approximate surface area is 142 Å². The molecule has 2 aromatic rings. The Morgan fingerprint density at radius 3 is 2.96 bits per heavy atom. The van der Waals surface area contributed by atoms with Crippen molar-refractivity contribution < 1.29 is 4.79 Å². The number of aromatic amines is 1. The molecule has 7 heteroatoms. The molecule has 5 nitrogen and oxygen atoms in total. The van der Waals surface area contributed by atoms with Crippen molar-refractivity contribution in [1.29, 1.82) is 0 Å². The average molecular weight is 344 g/mol. The molecule has 2 aliphatic rings. The molecule has 0 spiro atoms. The summed E-state index contributed by atoms with van der Waals surface area (Å²) in [6.45, 7) is 2.06. The van der Waals surface area contributed by atoms with Crippen molar-refractivity contribution >= 4 is 41.0 Å². The van der Waals surface area contributed by atoms with Crippen LogP contribution in [0.1, 0.15) is 40.5 Å². The zero-order valence-corrected chi connectivity index (χ0v) is 14.2. The SMILES string of the molecule is Cc1ccc(C2C3=C(CCCC3=O)Nc3nc(=S)[nH]c(N)c32)s1. The Bertz CT molecular complexity index is 909. The molecule has 1 aliphatic carbocycles. The van der Waals surface area contributed by atoms with E-state index in [4.69, 9.17) is 18.0 Å². The maximum absolute atomic E-state index is 12.6. The Morgan fingerprint density at radius 2 is 2.22 bits per heavy atom. The van der Waals surface area contributed by atoms with Crippen LogP contribution in [-0.2, 0) is 4.79 Å². The molecule has 3 heterocycles. The average Bonchev–Trinajstić information content (AvgIpc) is 2.91. The Balaban J connectivity index is 2.00. The third-order valence-corrected chi connectivity index (χ3v) is 5.61. The predicted octanol–water partition coefficient (Wildman–Crippen LogP) is 3.66. The summed E-state index contributed by atoms with van der Waals surface area (Å²) in [5, 5.41) is 3.30. The molecule has 1 unspecified atom stereocenters. The number of H-pyrrole nitrogens is 1. The molecular weight excluding hydrogens is 328 g/mol. The highest BCUT2D eigenvalue weighted by Crippen LogP contribution is 2.47. The highest BCUT2D eigenvalue weighted by atomic mass is 32.1. The number of hydrogen-bond donors (Lipinski definition) is 3. The third kappa shape index (κ3) is 2.31. The number of thiophene rings is 1. The van der Waals surface area contributed by atoms with E-state index in [9.17, 15) is 4.79 Å². The van der Waals surface area contributed by atoms with Gasteiger partial charge in [-0.15, -0.1) is 11.3 Å². The number of nitrogens with one attached hydrogen (secondary N) is 2. The molecule has 1 aliphatic heterocycles. The van der Waals surface area contributed by atoms with Crippen LogP contribution in [0.4, 0.5) is 11.6 Å². The minimum Gasteiger partial charge on any atom is -0.385 e. The van der Waals surface area contributed by atoms with Gasteiger partial charge in [-0.05, 0) is 44.1 Å². The lowest BCUT2D eigenvalue weighted by molar-refractivity contribution is -0.116. The number of carbonyl (C=O) groups excluding carboxylic acids is 1. The molecule has 0 fully saturated rings. The number of nitrogens with zero attached hydrogens (tertiary/aromatic N) is 1. The minimum absolute atomic E-state index is 0.160. The van der Waals surface area contributed by atoms with Crippen molar-refractivity contribution in [3.8, 4) is 0 Å². The summed E-state index contributed by atoms with van der Waals surface area (Å²) in [6.07, 6.45) is 2.31. The quantitative estimate of drug-likeness (QED) is 0.688. The van der Waals surface area contributed by atoms with Crippen LogP contribution in [0.15, 0.2) is 23.4 Å². The van der Waals surface area contributed by atoms with Gasteiger partial charge in [0.15, 0.2) is 10.6 Å². The highest BCUT2D eigenvalue weighted by Gasteiger charge is 2.37. The van der Waals surface area contributed by atoms with Crippen molar-refractivity contribution in [3.05, 3.63) is 43.5 Å². The molecule has 1 atom stereocenters. The molecule has 0 radical (unpaired) electrons. The van der Waals surface area contributed by atoms with Crippen molar-refractivity contribution in [3.63, 3.8) is 0 Å². The second kappa shape index (κ2) is 5.28. The molecule has 4 N–H and O–H groups in total. The lowest BCUT2D eigenvalue weighted by Crippen LogP contribution is -2.28. The van der Waals surface area contributed by atoms with Gasteiger partial charge in [-0.25, -0.2) is 4.98 Å². The van der Waals surface area contributed by atoms with Crippen LogP contribution in [-0.4, -0.2) is 15.8 Å². The molecule has 0 aromatic carbocycles. The van der Waals surface area contributed by atoms with Crippen molar-refractivity contribution in [1.82, 2.24) is 9.97 Å². The number of carbonyl (C=O) groups is 1. The Morgan fingerprint density at radius 1 is 1.39 bits per heavy atom. The van der Waals surface area contributed by atoms with E-state index in [1.807, 2.05) is 0 Å². The van der Waals surface area contributed by atoms with Gasteiger partial charge < -0.3 is 16.0 Å². The van der Waals surface area contributed by atoms with E-state index in [2.05, 4.69) is 34.3 Å². The van der Waals surface area contributed by atoms with E-state index < -0.39 is 0 Å². The summed E-state index contributed by atoms with van der Waals surface area (Å²) in [5.41, 5.74) is 8.85. The van der Waals surface area contributed by atoms with Crippen LogP contribution in [0.25, 0.3) is 0 Å². The zero-order chi connectivity index (χ0) is 16.1. The fraction of sp³-hybridized carbons (Fsp3) is 0.312. The lowest BCUT2D eigenvalue weighted by Gasteiger charge is -2.33. The van der Waals surface area contributed by atoms with Gasteiger partial charge >= 0.3 is 0 Å². The number of allylic oxidation sites excluding steroid dienone is 2. The molecule has 4 rings (SSSR count). The van der Waals surface area contributed by atoms with Gasteiger partial charge in [0, 0.05) is 33.0 Å². The number of anilines is 2. The van der Waals surface area contributed by atoms with Gasteiger partial charge in [0.1, 0.15) is 11.6 Å². The number of aromatic nitrogens is 2. The van der Waals surface area contributed by atoms with Gasteiger partial charge in [0.05, 0.1) is 5.92 Å². The van der Waals surface area contributed by atoms with E-state index in [-0.39, 0.29) is 11.7 Å². The van der Waals surface area contributed by atoms with Crippen LogP contribution in [0, 0.1) is 11.7 Å². The molecule has 0 bridgehead atoms. The number of aryl methyl sites for hydroxylation is 1. The number of Topliss-reactive ketones (excluding diaryl/α,β-unsaturated/α-hetero) is 1. The van der Waals surface area contributed by atoms with Gasteiger partial charge in [0.25, 0.3) is 0 Å². The van der Waals surface area contributed by atoms with Crippen LogP contribution < -0.4 is 11.1 Å². The summed E-state index contributed by atoms with van der Waals surface area (Å²) in [5.74, 6) is 1.19. The first-order valence-electron chi connectivity index (χ1n) is 7.54. The zero-order valence-electron chi connectivity index (χ0n) is 12.6. The van der Waals surface area contributed by atoms with Gasteiger partial charge in [0.2, 0.25) is 0 Å². The summed E-state index contributed by atoms with van der Waals surface area (Å²) in [4.78, 5) is 22.3. The lowest BCUT2D eigenvalue weighted by atomic mass is 9.79. The molecule has 2 aromatic heterocycles. The Kier molecular flexibility index (Phi) is 3.35. The summed E-state index contributed by atoms with van der Waals surface area (Å²) in [6, 6.07) is 4.15. The predicted molar refractivity (Wildman–Crippen MR) is 94.2 cm³/mol. The maximum atomic E-state index is 12.6. The number of fused-ring (bicyclic) bond motifs is 1. The largest absolute Gasteiger partial charge is 0.385 e. The standard InChI is InChI=1S/C16H16N4OS2/c1-7-5-6-10(23-7)12-11-8(3-2-4-9(11)21)18-15-13(12)14(17)19-16(22)20-15/h5-6,12H,2-4H2,1H3,(H4,17,18,19,20,22). The number of nitrogens with two attached hydrogens (primary N) is 1. The highest BCUT2D eigenvalue weighted by molar-refractivity contribution is 7.71. The summed E-state index contributed by atoms with van der Waals surface area (Å²) in [7, 11) is 0. The molecule has 23 heavy (non-hydrogen) atoms. The third-order valence-electron chi connectivity index (χ3n) is 4.35. The van der Waals surface area contributed by atoms with E-state index in [0.29, 0.717) is 22.8 Å². The molecule has 0 amide bonds. The second-order valence-corrected chi connectivity index (χ2v) is 7.60. The van der Waals surface area contributed by atoms with E-state index in [1.54, 1.807) is 11.3 Å². The molecule has 0 saturated carbocycles. The first kappa shape index (κ1) is 14.6. The van der Waals surface area contributed by atoms with Gasteiger partial charge in [-0.2, -0.15) is 0 Å². The summed E-state index contributed by atoms with van der Waals surface area (Å²) >= 11 is 6.84. The van der Waals surface area contributed by atoms with Crippen LogP contribution in [0.2, 0.25) is 0 Å². The fourth-order valence-corrected chi connectivity index (χ4v) is 4.59. The molecule has 118 valence electrons. The van der Waals surface area contributed by atoms with Gasteiger partial charge in [-0.1, -0.05) is 0 Å². The van der Waals surface area contributed by atoms with Crippen molar-refractivity contribution in [2.24, 2.45) is 0 Å². The van der Waals surface area contributed by atoms with Crippen LogP contribution in [0.3, 0.4) is 0 Å². The second-order valence-electron chi connectivity index (χ2n) is 5.89. The first-order valence-corrected chi connectivity index (χ1v) is 8.76. The monoisotopic (exact) mass is 344 g/mol. The van der Waals surface area contributed by atoms with Crippen LogP contribution >= 0.6 is 23.6 Å². The summed E-state index contributed by atoms with van der Waals surface area (Å²) < 4.78 is 0.348. The van der Waals surface area contributed by atoms with E-state index >= 15 is 0 Å². The fourth-order valence-electron chi connectivity index (χ4n) is 3.40. The number of rotatable bonds is 1. The number of nitrogen functional groups attached to an aromatic ring is 1. The molecular formula is C16H16N4OS2. The minimum atomic E-state index is -0.160. The maximum Gasteiger partial charge on any atom is 0.200 e. The first-order chi connectivity index (χ1) is 11.0. The normalized spacial score (nSPS) is 20.0. The number of ketones is 1. The smallest absolute Gasteiger partial charge is 0.200 e. The van der Waals surface area contributed by atoms with Crippen LogP contribution in [0.5, 0.6) is 0 Å². The van der Waals surface area contributed by atoms with E-state index in [1.165, 1.54) is 4.88 Å².